The van der Waals surface area contributed by atoms with Crippen molar-refractivity contribution in [2.75, 3.05) is 6.61 Å². The fraction of sp³-hybridized carbons (Fsp3) is 0.278. The van der Waals surface area contributed by atoms with Gasteiger partial charge in [-0.25, -0.2) is 0 Å². The Kier molecular flexibility index (Phi) is 6.70. The van der Waals surface area contributed by atoms with E-state index < -0.39 is 0 Å². The number of benzene rings is 2. The van der Waals surface area contributed by atoms with Gasteiger partial charge in [-0.05, 0) is 37.0 Å². The Morgan fingerprint density at radius 1 is 1.18 bits per heavy atom. The minimum absolute atomic E-state index is 0.0965. The van der Waals surface area contributed by atoms with Gasteiger partial charge < -0.3 is 4.74 Å². The predicted molar refractivity (Wildman–Crippen MR) is 99.7 cm³/mol. The van der Waals surface area contributed by atoms with E-state index in [2.05, 4.69) is 46.9 Å². The van der Waals surface area contributed by atoms with Crippen LogP contribution in [0.4, 0.5) is 0 Å². The van der Waals surface area contributed by atoms with Crippen molar-refractivity contribution in [2.24, 2.45) is 0 Å². The highest BCUT2D eigenvalue weighted by molar-refractivity contribution is 14.1. The number of alkyl halides is 1. The molecule has 0 amide bonds. The lowest BCUT2D eigenvalue weighted by molar-refractivity contribution is -0.142. The molecule has 0 radical (unpaired) electrons. The molecule has 0 N–H and O–H groups in total. The van der Waals surface area contributed by atoms with Gasteiger partial charge in [-0.15, -0.1) is 0 Å². The van der Waals surface area contributed by atoms with Crippen molar-refractivity contribution in [1.29, 1.82) is 0 Å². The Hall–Kier alpha value is -1.07. The first-order valence-corrected chi connectivity index (χ1v) is 8.88. The van der Waals surface area contributed by atoms with Crippen LogP contribution < -0.4 is 0 Å². The zero-order valence-electron chi connectivity index (χ0n) is 12.4. The molecule has 0 bridgehead atoms. The third-order valence-electron chi connectivity index (χ3n) is 3.37. The van der Waals surface area contributed by atoms with Crippen LogP contribution in [-0.2, 0) is 16.0 Å². The predicted octanol–water partition coefficient (Wildman–Crippen LogP) is 5.31. The minimum atomic E-state index is -0.129. The van der Waals surface area contributed by atoms with E-state index >= 15 is 0 Å². The molecule has 0 saturated heterocycles. The summed E-state index contributed by atoms with van der Waals surface area (Å²) in [5, 5.41) is 0.755. The maximum Gasteiger partial charge on any atom is 0.318 e. The lowest BCUT2D eigenvalue weighted by atomic mass is 10.0. The number of carbonyl (C=O) groups excluding carboxylic acids is 1. The zero-order valence-corrected chi connectivity index (χ0v) is 15.3. The summed E-state index contributed by atoms with van der Waals surface area (Å²) in [4.78, 5) is 11.6. The van der Waals surface area contributed by atoms with E-state index in [1.165, 1.54) is 5.56 Å². The van der Waals surface area contributed by atoms with E-state index in [9.17, 15) is 4.79 Å². The SMILES string of the molecule is CCOC(=O)C(I)CCc1ccc(-c2ccccc2Cl)cc1. The number of hydrogen-bond acceptors (Lipinski definition) is 2. The Balaban J connectivity index is 1.98. The van der Waals surface area contributed by atoms with Gasteiger partial charge in [0.05, 0.1) is 6.61 Å². The summed E-state index contributed by atoms with van der Waals surface area (Å²) in [5.41, 5.74) is 3.35. The molecule has 22 heavy (non-hydrogen) atoms. The average Bonchev–Trinajstić information content (AvgIpc) is 2.54. The summed E-state index contributed by atoms with van der Waals surface area (Å²) >= 11 is 8.36. The summed E-state index contributed by atoms with van der Waals surface area (Å²) in [6.07, 6.45) is 1.64. The second-order valence-corrected chi connectivity index (χ2v) is 6.85. The molecule has 0 aliphatic rings. The molecular weight excluding hydrogens is 411 g/mol. The van der Waals surface area contributed by atoms with Crippen molar-refractivity contribution in [2.45, 2.75) is 23.7 Å². The molecule has 2 nitrogen and oxygen atoms in total. The van der Waals surface area contributed by atoms with E-state index in [1.807, 2.05) is 31.2 Å². The normalized spacial score (nSPS) is 12.0. The van der Waals surface area contributed by atoms with Crippen molar-refractivity contribution in [3.63, 3.8) is 0 Å². The number of hydrogen-bond donors (Lipinski definition) is 0. The van der Waals surface area contributed by atoms with E-state index in [0.29, 0.717) is 6.61 Å². The third-order valence-corrected chi connectivity index (χ3v) is 4.83. The molecule has 2 aromatic rings. The van der Waals surface area contributed by atoms with Crippen molar-refractivity contribution >= 4 is 40.2 Å². The maximum atomic E-state index is 11.6. The fourth-order valence-electron chi connectivity index (χ4n) is 2.19. The molecular formula is C18H18ClIO2. The van der Waals surface area contributed by atoms with Gasteiger partial charge in [0.2, 0.25) is 0 Å². The van der Waals surface area contributed by atoms with E-state index in [4.69, 9.17) is 16.3 Å². The quantitative estimate of drug-likeness (QED) is 0.354. The second-order valence-electron chi connectivity index (χ2n) is 4.94. The van der Waals surface area contributed by atoms with Crippen LogP contribution in [0.1, 0.15) is 18.9 Å². The number of ether oxygens (including phenoxy) is 1. The van der Waals surface area contributed by atoms with Crippen LogP contribution in [0, 0.1) is 0 Å². The van der Waals surface area contributed by atoms with Gasteiger partial charge in [-0.3, -0.25) is 4.79 Å². The number of esters is 1. The molecule has 1 unspecified atom stereocenters. The van der Waals surface area contributed by atoms with Crippen molar-refractivity contribution in [3.05, 3.63) is 59.1 Å². The lowest BCUT2D eigenvalue weighted by Crippen LogP contribution is -2.17. The highest BCUT2D eigenvalue weighted by Gasteiger charge is 2.15. The Morgan fingerprint density at radius 2 is 1.86 bits per heavy atom. The van der Waals surface area contributed by atoms with Gasteiger partial charge in [-0.1, -0.05) is 76.7 Å². The van der Waals surface area contributed by atoms with Gasteiger partial charge in [-0.2, -0.15) is 0 Å². The standard InChI is InChI=1S/C18H18ClIO2/c1-2-22-18(21)17(20)12-9-13-7-10-14(11-8-13)15-5-3-4-6-16(15)19/h3-8,10-11,17H,2,9,12H2,1H3. The molecule has 0 spiro atoms. The molecule has 0 aromatic heterocycles. The largest absolute Gasteiger partial charge is 0.465 e. The van der Waals surface area contributed by atoms with Crippen molar-refractivity contribution in [1.82, 2.24) is 0 Å². The number of aryl methyl sites for hydroxylation is 1. The summed E-state index contributed by atoms with van der Waals surface area (Å²) in [6, 6.07) is 16.1. The summed E-state index contributed by atoms with van der Waals surface area (Å²) in [5.74, 6) is -0.129. The number of halogens is 2. The molecule has 0 aliphatic carbocycles. The second kappa shape index (κ2) is 8.53. The summed E-state index contributed by atoms with van der Waals surface area (Å²) in [6.45, 7) is 2.26. The molecule has 2 aromatic carbocycles. The van der Waals surface area contributed by atoms with Crippen LogP contribution in [0.15, 0.2) is 48.5 Å². The lowest BCUT2D eigenvalue weighted by Gasteiger charge is -2.09. The molecule has 0 saturated carbocycles. The maximum absolute atomic E-state index is 11.6. The van der Waals surface area contributed by atoms with Gasteiger partial charge in [0.25, 0.3) is 0 Å². The molecule has 2 rings (SSSR count). The zero-order chi connectivity index (χ0) is 15.9. The first-order chi connectivity index (χ1) is 10.6. The van der Waals surface area contributed by atoms with Crippen LogP contribution >= 0.6 is 34.2 Å². The van der Waals surface area contributed by atoms with E-state index in [1.54, 1.807) is 0 Å². The van der Waals surface area contributed by atoms with Gasteiger partial charge in [0.1, 0.15) is 3.92 Å². The molecule has 0 heterocycles. The molecule has 1 atom stereocenters. The van der Waals surface area contributed by atoms with Crippen LogP contribution in [0.25, 0.3) is 11.1 Å². The van der Waals surface area contributed by atoms with E-state index in [-0.39, 0.29) is 9.89 Å². The van der Waals surface area contributed by atoms with Crippen LogP contribution in [0.3, 0.4) is 0 Å². The molecule has 4 heteroatoms. The first-order valence-electron chi connectivity index (χ1n) is 7.26. The molecule has 0 fully saturated rings. The van der Waals surface area contributed by atoms with Crippen molar-refractivity contribution in [3.8, 4) is 11.1 Å². The Labute approximate surface area is 150 Å². The van der Waals surface area contributed by atoms with Crippen LogP contribution in [0.5, 0.6) is 0 Å². The van der Waals surface area contributed by atoms with Gasteiger partial charge in [0, 0.05) is 10.6 Å². The topological polar surface area (TPSA) is 26.3 Å². The van der Waals surface area contributed by atoms with Crippen LogP contribution in [0.2, 0.25) is 5.02 Å². The van der Waals surface area contributed by atoms with Crippen molar-refractivity contribution < 1.29 is 9.53 Å². The van der Waals surface area contributed by atoms with Gasteiger partial charge >= 0.3 is 5.97 Å². The van der Waals surface area contributed by atoms with Crippen LogP contribution in [-0.4, -0.2) is 16.5 Å². The fourth-order valence-corrected chi connectivity index (χ4v) is 2.93. The highest BCUT2D eigenvalue weighted by atomic mass is 127. The number of carbonyl (C=O) groups is 1. The summed E-state index contributed by atoms with van der Waals surface area (Å²) < 4.78 is 4.92. The van der Waals surface area contributed by atoms with E-state index in [0.717, 1.165) is 29.0 Å². The molecule has 116 valence electrons. The minimum Gasteiger partial charge on any atom is -0.465 e. The summed E-state index contributed by atoms with van der Waals surface area (Å²) in [7, 11) is 0. The smallest absolute Gasteiger partial charge is 0.318 e. The highest BCUT2D eigenvalue weighted by Crippen LogP contribution is 2.27. The Bertz CT molecular complexity index is 625. The molecule has 0 aliphatic heterocycles. The van der Waals surface area contributed by atoms with Gasteiger partial charge in [0.15, 0.2) is 0 Å². The first kappa shape index (κ1) is 17.3. The Morgan fingerprint density at radius 3 is 2.50 bits per heavy atom. The average molecular weight is 429 g/mol. The monoisotopic (exact) mass is 428 g/mol. The number of rotatable bonds is 6. The third kappa shape index (κ3) is 4.71.